The van der Waals surface area contributed by atoms with Crippen LogP contribution in [0.25, 0.3) is 22.3 Å². The summed E-state index contributed by atoms with van der Waals surface area (Å²) < 4.78 is 14.6. The normalized spacial score (nSPS) is 11.9. The Morgan fingerprint density at radius 3 is 2.56 bits per heavy atom. The van der Waals surface area contributed by atoms with Crippen molar-refractivity contribution in [2.75, 3.05) is 13.7 Å². The Bertz CT molecular complexity index is 1240. The number of carbonyl (C=O) groups is 2. The Morgan fingerprint density at radius 2 is 1.83 bits per heavy atom. The number of unbranched alkanes of at least 4 members (excludes halogenated alkanes) is 5. The minimum atomic E-state index is -0.631. The fourth-order valence-corrected chi connectivity index (χ4v) is 4.15. The number of aldehydes is 1. The number of benzene rings is 1. The second-order valence-electron chi connectivity index (χ2n) is 9.65. The van der Waals surface area contributed by atoms with Crippen molar-refractivity contribution in [3.63, 3.8) is 0 Å². The van der Waals surface area contributed by atoms with Crippen molar-refractivity contribution < 1.29 is 19.1 Å². The van der Waals surface area contributed by atoms with Crippen molar-refractivity contribution >= 4 is 23.2 Å². The van der Waals surface area contributed by atoms with Crippen molar-refractivity contribution in [3.8, 4) is 17.1 Å². The first-order valence-electron chi connectivity index (χ1n) is 12.8. The zero-order valence-electron chi connectivity index (χ0n) is 21.8. The average Bonchev–Trinajstić information content (AvgIpc) is 3.24. The van der Waals surface area contributed by atoms with Crippen molar-refractivity contribution in [2.24, 2.45) is 5.92 Å². The van der Waals surface area contributed by atoms with Gasteiger partial charge in [0.05, 0.1) is 31.6 Å². The molecule has 0 radical (unpaired) electrons. The van der Waals surface area contributed by atoms with E-state index in [1.165, 1.54) is 13.2 Å². The minimum absolute atomic E-state index is 0.0312. The molecule has 3 aromatic rings. The van der Waals surface area contributed by atoms with Crippen LogP contribution in [0.15, 0.2) is 35.3 Å². The van der Waals surface area contributed by atoms with E-state index in [4.69, 9.17) is 14.6 Å². The van der Waals surface area contributed by atoms with Crippen LogP contribution in [0.1, 0.15) is 69.7 Å². The number of aromatic nitrogens is 3. The summed E-state index contributed by atoms with van der Waals surface area (Å²) in [4.78, 5) is 34.8. The molecular formula is C28H37N3O5. The standard InChI is InChI=1S/C24H27N3O5.C4H10/c1-31-24(30)18-16-26-11-12-27-23(19(26)15-20(18)29)17-9-8-10-21(22(17)25-27)32-14-7-5-3-2-4-6-13-28;1-4(2)3/h8-10,13,15-16H,2-7,11-12,14H2,1H3;4H,1-3H3. The molecule has 0 saturated heterocycles. The molecule has 2 aromatic heterocycles. The summed E-state index contributed by atoms with van der Waals surface area (Å²) in [6, 6.07) is 7.30. The van der Waals surface area contributed by atoms with E-state index >= 15 is 0 Å². The third-order valence-corrected chi connectivity index (χ3v) is 5.79. The van der Waals surface area contributed by atoms with Crippen LogP contribution in [0.4, 0.5) is 0 Å². The maximum Gasteiger partial charge on any atom is 0.343 e. The van der Waals surface area contributed by atoms with Crippen molar-refractivity contribution in [1.82, 2.24) is 14.3 Å². The van der Waals surface area contributed by atoms with E-state index in [0.29, 0.717) is 26.1 Å². The van der Waals surface area contributed by atoms with Crippen molar-refractivity contribution in [1.29, 1.82) is 0 Å². The van der Waals surface area contributed by atoms with Crippen molar-refractivity contribution in [3.05, 3.63) is 46.2 Å². The lowest BCUT2D eigenvalue weighted by Crippen LogP contribution is -2.24. The van der Waals surface area contributed by atoms with Crippen molar-refractivity contribution in [2.45, 2.75) is 72.4 Å². The van der Waals surface area contributed by atoms with Gasteiger partial charge in [0, 0.05) is 30.6 Å². The zero-order chi connectivity index (χ0) is 26.1. The summed E-state index contributed by atoms with van der Waals surface area (Å²) in [7, 11) is 1.27. The molecule has 1 aliphatic heterocycles. The molecule has 0 fully saturated rings. The predicted molar refractivity (Wildman–Crippen MR) is 141 cm³/mol. The molecule has 4 rings (SSSR count). The molecule has 0 unspecified atom stereocenters. The van der Waals surface area contributed by atoms with Gasteiger partial charge in [-0.3, -0.25) is 9.48 Å². The van der Waals surface area contributed by atoms with Crippen LogP contribution < -0.4 is 10.2 Å². The number of methoxy groups -OCH3 is 1. The first-order valence-corrected chi connectivity index (χ1v) is 12.8. The maximum atomic E-state index is 12.5. The van der Waals surface area contributed by atoms with Crippen LogP contribution in [0.5, 0.6) is 5.75 Å². The highest BCUT2D eigenvalue weighted by molar-refractivity contribution is 5.96. The lowest BCUT2D eigenvalue weighted by atomic mass is 10.1. The van der Waals surface area contributed by atoms with Gasteiger partial charge in [0.2, 0.25) is 0 Å². The molecule has 0 saturated carbocycles. The highest BCUT2D eigenvalue weighted by Crippen LogP contribution is 2.35. The number of hydrogen-bond acceptors (Lipinski definition) is 6. The lowest BCUT2D eigenvalue weighted by Gasteiger charge is -2.21. The van der Waals surface area contributed by atoms with E-state index in [0.717, 1.165) is 72.3 Å². The summed E-state index contributed by atoms with van der Waals surface area (Å²) in [5.74, 6) is 0.930. The number of nitrogens with zero attached hydrogens (tertiary/aromatic N) is 3. The van der Waals surface area contributed by atoms with E-state index in [2.05, 4.69) is 20.8 Å². The monoisotopic (exact) mass is 495 g/mol. The zero-order valence-corrected chi connectivity index (χ0v) is 21.8. The minimum Gasteiger partial charge on any atom is -0.491 e. The van der Waals surface area contributed by atoms with E-state index < -0.39 is 5.97 Å². The second kappa shape index (κ2) is 13.0. The van der Waals surface area contributed by atoms with Gasteiger partial charge in [0.25, 0.3) is 0 Å². The number of ether oxygens (including phenoxy) is 2. The van der Waals surface area contributed by atoms with E-state index in [1.807, 2.05) is 27.4 Å². The predicted octanol–water partition coefficient (Wildman–Crippen LogP) is 5.25. The third-order valence-electron chi connectivity index (χ3n) is 5.79. The van der Waals surface area contributed by atoms with Gasteiger partial charge in [-0.2, -0.15) is 5.10 Å². The van der Waals surface area contributed by atoms with Crippen LogP contribution >= 0.6 is 0 Å². The number of fused-ring (bicyclic) bond motifs is 5. The molecule has 0 N–H and O–H groups in total. The first kappa shape index (κ1) is 27.2. The summed E-state index contributed by atoms with van der Waals surface area (Å²) in [5, 5.41) is 5.67. The Balaban J connectivity index is 0.000000840. The van der Waals surface area contributed by atoms with E-state index in [9.17, 15) is 14.4 Å². The molecule has 36 heavy (non-hydrogen) atoms. The summed E-state index contributed by atoms with van der Waals surface area (Å²) in [5.41, 5.74) is 2.01. The van der Waals surface area contributed by atoms with Gasteiger partial charge in [-0.1, -0.05) is 52.2 Å². The number of carbonyl (C=O) groups excluding carboxylic acids is 2. The number of pyridine rings is 1. The topological polar surface area (TPSA) is 92.4 Å². The molecule has 0 bridgehead atoms. The van der Waals surface area contributed by atoms with E-state index in [1.54, 1.807) is 6.20 Å². The van der Waals surface area contributed by atoms with Gasteiger partial charge in [-0.05, 0) is 24.8 Å². The third kappa shape index (κ3) is 6.62. The maximum absolute atomic E-state index is 12.5. The van der Waals surface area contributed by atoms with Crippen LogP contribution in [0.3, 0.4) is 0 Å². The molecule has 0 atom stereocenters. The van der Waals surface area contributed by atoms with Crippen LogP contribution in [-0.4, -0.2) is 40.3 Å². The average molecular weight is 496 g/mol. The molecule has 8 heteroatoms. The molecular weight excluding hydrogens is 458 g/mol. The molecule has 8 nitrogen and oxygen atoms in total. The summed E-state index contributed by atoms with van der Waals surface area (Å²) >= 11 is 0. The highest BCUT2D eigenvalue weighted by Gasteiger charge is 2.24. The van der Waals surface area contributed by atoms with Crippen LogP contribution in [0.2, 0.25) is 0 Å². The fraction of sp³-hybridized carbons (Fsp3) is 0.500. The highest BCUT2D eigenvalue weighted by atomic mass is 16.5. The van der Waals surface area contributed by atoms with Gasteiger partial charge in [-0.25, -0.2) is 4.79 Å². The molecule has 0 spiro atoms. The van der Waals surface area contributed by atoms with Crippen LogP contribution in [-0.2, 0) is 22.6 Å². The molecule has 1 aliphatic rings. The molecule has 194 valence electrons. The Morgan fingerprint density at radius 1 is 1.11 bits per heavy atom. The largest absolute Gasteiger partial charge is 0.491 e. The quantitative estimate of drug-likeness (QED) is 0.217. The number of esters is 1. The summed E-state index contributed by atoms with van der Waals surface area (Å²) in [6.45, 7) is 8.33. The Kier molecular flexibility index (Phi) is 9.85. The smallest absolute Gasteiger partial charge is 0.343 e. The van der Waals surface area contributed by atoms with Gasteiger partial charge >= 0.3 is 5.97 Å². The van der Waals surface area contributed by atoms with Gasteiger partial charge < -0.3 is 18.8 Å². The van der Waals surface area contributed by atoms with E-state index in [-0.39, 0.29) is 11.0 Å². The Hall–Kier alpha value is -3.42. The van der Waals surface area contributed by atoms with Crippen LogP contribution in [0, 0.1) is 5.92 Å². The number of aryl methyl sites for hydroxylation is 2. The number of rotatable bonds is 10. The van der Waals surface area contributed by atoms with Gasteiger partial charge in [0.1, 0.15) is 23.1 Å². The number of hydrogen-bond donors (Lipinski definition) is 0. The second-order valence-corrected chi connectivity index (χ2v) is 9.65. The lowest BCUT2D eigenvalue weighted by molar-refractivity contribution is -0.107. The SMILES string of the molecule is CC(C)C.COC(=O)c1cn2c(cc1=O)-c1c3cccc(OCCCCCCCC=O)c3nn1CC2. The van der Waals surface area contributed by atoms with Gasteiger partial charge in [0.15, 0.2) is 5.43 Å². The van der Waals surface area contributed by atoms with Gasteiger partial charge in [-0.15, -0.1) is 0 Å². The summed E-state index contributed by atoms with van der Waals surface area (Å²) in [6.07, 6.45) is 8.31. The molecule has 0 aliphatic carbocycles. The fourth-order valence-electron chi connectivity index (χ4n) is 4.15. The Labute approximate surface area is 212 Å². The molecule has 1 aromatic carbocycles. The molecule has 3 heterocycles. The first-order chi connectivity index (χ1) is 17.4. The molecule has 0 amide bonds.